The Hall–Kier alpha value is -2.45. The highest BCUT2D eigenvalue weighted by Gasteiger charge is 2.21. The molecule has 4 rings (SSSR count). The Morgan fingerprint density at radius 3 is 2.96 bits per heavy atom. The number of nitrogens with zero attached hydrogens (tertiary/aromatic N) is 2. The summed E-state index contributed by atoms with van der Waals surface area (Å²) in [6.45, 7) is 1.71. The van der Waals surface area contributed by atoms with E-state index in [9.17, 15) is 8.42 Å². The van der Waals surface area contributed by atoms with Gasteiger partial charge in [0.25, 0.3) is 10.0 Å². The van der Waals surface area contributed by atoms with E-state index in [1.807, 2.05) is 12.1 Å². The summed E-state index contributed by atoms with van der Waals surface area (Å²) in [6, 6.07) is 10.3. The summed E-state index contributed by atoms with van der Waals surface area (Å²) in [5, 5.41) is 10.6. The molecule has 8 heteroatoms. The largest absolute Gasteiger partial charge is 0.312 e. The fourth-order valence-electron chi connectivity index (χ4n) is 2.75. The standard InChI is InChI=1S/C15H14N4O3S/c20-23(21,14-3-1-2-13-15(14)18-22-17-13)19-12-5-4-11-9-16-7-6-10(11)8-12/h1-5,8,16,19H,6-7,9H2. The van der Waals surface area contributed by atoms with Crippen LogP contribution in [0.25, 0.3) is 11.0 Å². The summed E-state index contributed by atoms with van der Waals surface area (Å²) in [5.41, 5.74) is 3.53. The monoisotopic (exact) mass is 330 g/mol. The minimum Gasteiger partial charge on any atom is -0.312 e. The average molecular weight is 330 g/mol. The van der Waals surface area contributed by atoms with E-state index in [1.54, 1.807) is 18.2 Å². The Morgan fingerprint density at radius 1 is 1.13 bits per heavy atom. The molecule has 0 saturated heterocycles. The number of benzene rings is 2. The third-order valence-electron chi connectivity index (χ3n) is 3.88. The van der Waals surface area contributed by atoms with Gasteiger partial charge in [-0.2, -0.15) is 0 Å². The van der Waals surface area contributed by atoms with E-state index >= 15 is 0 Å². The van der Waals surface area contributed by atoms with E-state index < -0.39 is 10.0 Å². The molecule has 2 aromatic carbocycles. The van der Waals surface area contributed by atoms with Gasteiger partial charge >= 0.3 is 0 Å². The Labute approximate surface area is 132 Å². The van der Waals surface area contributed by atoms with E-state index in [4.69, 9.17) is 0 Å². The Morgan fingerprint density at radius 2 is 2.04 bits per heavy atom. The first-order valence-corrected chi connectivity index (χ1v) is 8.68. The zero-order chi connectivity index (χ0) is 15.9. The number of hydrogen-bond donors (Lipinski definition) is 2. The van der Waals surface area contributed by atoms with Crippen molar-refractivity contribution in [1.29, 1.82) is 0 Å². The summed E-state index contributed by atoms with van der Waals surface area (Å²) < 4.78 is 32.5. The van der Waals surface area contributed by atoms with Crippen LogP contribution in [0.15, 0.2) is 45.9 Å². The van der Waals surface area contributed by atoms with Crippen LogP contribution >= 0.6 is 0 Å². The van der Waals surface area contributed by atoms with Gasteiger partial charge in [0.1, 0.15) is 10.4 Å². The second kappa shape index (κ2) is 5.32. The quantitative estimate of drug-likeness (QED) is 0.758. The summed E-state index contributed by atoms with van der Waals surface area (Å²) >= 11 is 0. The molecule has 0 aliphatic carbocycles. The van der Waals surface area contributed by atoms with Crippen LogP contribution in [0, 0.1) is 0 Å². The van der Waals surface area contributed by atoms with Crippen molar-refractivity contribution in [2.75, 3.05) is 11.3 Å². The molecule has 2 heterocycles. The zero-order valence-electron chi connectivity index (χ0n) is 12.1. The Bertz CT molecular complexity index is 981. The molecular weight excluding hydrogens is 316 g/mol. The van der Waals surface area contributed by atoms with Crippen molar-refractivity contribution < 1.29 is 13.0 Å². The Kier molecular flexibility index (Phi) is 3.28. The molecule has 1 aliphatic rings. The summed E-state index contributed by atoms with van der Waals surface area (Å²) in [4.78, 5) is 0.0515. The van der Waals surface area contributed by atoms with Crippen LogP contribution in [0.1, 0.15) is 11.1 Å². The summed E-state index contributed by atoms with van der Waals surface area (Å²) in [5.74, 6) is 0. The molecular formula is C15H14N4O3S. The second-order valence-corrected chi connectivity index (χ2v) is 7.05. The first kappa shape index (κ1) is 14.2. The van der Waals surface area contributed by atoms with Gasteiger partial charge in [-0.25, -0.2) is 13.0 Å². The van der Waals surface area contributed by atoms with Gasteiger partial charge in [0.2, 0.25) is 0 Å². The highest BCUT2D eigenvalue weighted by Crippen LogP contribution is 2.24. The fraction of sp³-hybridized carbons (Fsp3) is 0.200. The lowest BCUT2D eigenvalue weighted by Gasteiger charge is -2.18. The van der Waals surface area contributed by atoms with Crippen molar-refractivity contribution in [3.05, 3.63) is 47.5 Å². The van der Waals surface area contributed by atoms with Crippen LogP contribution in [0.5, 0.6) is 0 Å². The van der Waals surface area contributed by atoms with Gasteiger partial charge in [0.05, 0.1) is 0 Å². The summed E-state index contributed by atoms with van der Waals surface area (Å²) in [7, 11) is -3.76. The maximum Gasteiger partial charge on any atom is 0.264 e. The van der Waals surface area contributed by atoms with E-state index in [-0.39, 0.29) is 10.4 Å². The third kappa shape index (κ3) is 2.55. The topological polar surface area (TPSA) is 97.1 Å². The van der Waals surface area contributed by atoms with Crippen LogP contribution in [-0.4, -0.2) is 25.3 Å². The van der Waals surface area contributed by atoms with Crippen molar-refractivity contribution >= 4 is 26.7 Å². The number of sulfonamides is 1. The molecule has 0 unspecified atom stereocenters. The third-order valence-corrected chi connectivity index (χ3v) is 5.30. The minimum absolute atomic E-state index is 0.0515. The molecule has 0 atom stereocenters. The molecule has 118 valence electrons. The van der Waals surface area contributed by atoms with Crippen molar-refractivity contribution in [2.45, 2.75) is 17.9 Å². The fourth-order valence-corrected chi connectivity index (χ4v) is 3.95. The van der Waals surface area contributed by atoms with E-state index in [2.05, 4.69) is 25.0 Å². The van der Waals surface area contributed by atoms with Crippen molar-refractivity contribution in [2.24, 2.45) is 0 Å². The number of nitrogens with one attached hydrogen (secondary N) is 2. The predicted octanol–water partition coefficient (Wildman–Crippen LogP) is 1.67. The molecule has 1 aliphatic heterocycles. The molecule has 0 bridgehead atoms. The van der Waals surface area contributed by atoms with Crippen LogP contribution in [-0.2, 0) is 23.0 Å². The molecule has 0 radical (unpaired) electrons. The van der Waals surface area contributed by atoms with Crippen LogP contribution in [0.3, 0.4) is 0 Å². The van der Waals surface area contributed by atoms with Crippen molar-refractivity contribution in [3.8, 4) is 0 Å². The molecule has 0 saturated carbocycles. The van der Waals surface area contributed by atoms with E-state index in [0.29, 0.717) is 11.2 Å². The highest BCUT2D eigenvalue weighted by molar-refractivity contribution is 7.93. The SMILES string of the molecule is O=S(=O)(Nc1ccc2c(c1)CCNC2)c1cccc2nonc12. The van der Waals surface area contributed by atoms with Crippen molar-refractivity contribution in [1.82, 2.24) is 15.6 Å². The Balaban J connectivity index is 1.71. The number of rotatable bonds is 3. The lowest BCUT2D eigenvalue weighted by atomic mass is 10.0. The minimum atomic E-state index is -3.76. The number of fused-ring (bicyclic) bond motifs is 2. The van der Waals surface area contributed by atoms with Gasteiger partial charge in [-0.1, -0.05) is 12.1 Å². The molecule has 1 aromatic heterocycles. The zero-order valence-corrected chi connectivity index (χ0v) is 12.9. The number of hydrogen-bond acceptors (Lipinski definition) is 6. The average Bonchev–Trinajstić information content (AvgIpc) is 3.02. The first-order valence-electron chi connectivity index (χ1n) is 7.20. The second-order valence-electron chi connectivity index (χ2n) is 5.40. The van der Waals surface area contributed by atoms with Gasteiger partial charge in [-0.15, -0.1) is 0 Å². The van der Waals surface area contributed by atoms with E-state index in [0.717, 1.165) is 25.1 Å². The van der Waals surface area contributed by atoms with Gasteiger partial charge in [0, 0.05) is 12.2 Å². The molecule has 3 aromatic rings. The van der Waals surface area contributed by atoms with Crippen LogP contribution < -0.4 is 10.0 Å². The van der Waals surface area contributed by atoms with Gasteiger partial charge in [-0.3, -0.25) is 4.72 Å². The number of anilines is 1. The molecule has 23 heavy (non-hydrogen) atoms. The summed E-state index contributed by atoms with van der Waals surface area (Å²) in [6.07, 6.45) is 0.883. The maximum absolute atomic E-state index is 12.6. The van der Waals surface area contributed by atoms with Gasteiger partial charge < -0.3 is 5.32 Å². The maximum atomic E-state index is 12.6. The van der Waals surface area contributed by atoms with Gasteiger partial charge in [0.15, 0.2) is 5.52 Å². The lowest BCUT2D eigenvalue weighted by Crippen LogP contribution is -2.23. The normalized spacial score (nSPS) is 14.6. The molecule has 0 spiro atoms. The van der Waals surface area contributed by atoms with Crippen molar-refractivity contribution in [3.63, 3.8) is 0 Å². The predicted molar refractivity (Wildman–Crippen MR) is 84.5 cm³/mol. The molecule has 2 N–H and O–H groups in total. The molecule has 0 fully saturated rings. The first-order chi connectivity index (χ1) is 11.1. The number of aromatic nitrogens is 2. The highest BCUT2D eigenvalue weighted by atomic mass is 32.2. The molecule has 7 nitrogen and oxygen atoms in total. The van der Waals surface area contributed by atoms with Gasteiger partial charge in [-0.05, 0) is 58.7 Å². The lowest BCUT2D eigenvalue weighted by molar-refractivity contribution is 0.315. The van der Waals surface area contributed by atoms with Crippen LogP contribution in [0.4, 0.5) is 5.69 Å². The van der Waals surface area contributed by atoms with E-state index in [1.165, 1.54) is 11.6 Å². The molecule has 0 amide bonds. The van der Waals surface area contributed by atoms with Crippen LogP contribution in [0.2, 0.25) is 0 Å². The smallest absolute Gasteiger partial charge is 0.264 e.